The fraction of sp³-hybridized carbons (Fsp3) is 0.611. The van der Waals surface area contributed by atoms with E-state index in [2.05, 4.69) is 77.3 Å². The van der Waals surface area contributed by atoms with Crippen LogP contribution in [0.15, 0.2) is 18.2 Å². The van der Waals surface area contributed by atoms with Crippen molar-refractivity contribution < 1.29 is 4.79 Å². The van der Waals surface area contributed by atoms with Gasteiger partial charge in [0.05, 0.1) is 6.04 Å². The molecule has 0 aliphatic rings. The first-order valence-electron chi connectivity index (χ1n) is 7.70. The van der Waals surface area contributed by atoms with Gasteiger partial charge < -0.3 is 10.6 Å². The summed E-state index contributed by atoms with van der Waals surface area (Å²) >= 11 is 0. The summed E-state index contributed by atoms with van der Waals surface area (Å²) in [4.78, 5) is 12.5. The third-order valence-electron chi connectivity index (χ3n) is 3.38. The van der Waals surface area contributed by atoms with Crippen LogP contribution < -0.4 is 10.6 Å². The maximum absolute atomic E-state index is 12.5. The molecule has 0 saturated heterocycles. The Bertz CT molecular complexity index is 466. The van der Waals surface area contributed by atoms with E-state index in [1.807, 2.05) is 0 Å². The fourth-order valence-corrected chi connectivity index (χ4v) is 2.51. The zero-order chi connectivity index (χ0) is 16.2. The molecule has 1 atom stereocenters. The van der Waals surface area contributed by atoms with E-state index in [1.165, 1.54) is 11.1 Å². The van der Waals surface area contributed by atoms with E-state index in [9.17, 15) is 4.79 Å². The van der Waals surface area contributed by atoms with Crippen LogP contribution in [-0.4, -0.2) is 18.0 Å². The highest BCUT2D eigenvalue weighted by Gasteiger charge is 2.31. The smallest absolute Gasteiger partial charge is 0.237 e. The Morgan fingerprint density at radius 3 is 2.05 bits per heavy atom. The Morgan fingerprint density at radius 2 is 1.62 bits per heavy atom. The van der Waals surface area contributed by atoms with Gasteiger partial charge in [0.2, 0.25) is 5.91 Å². The van der Waals surface area contributed by atoms with Crippen LogP contribution in [0.2, 0.25) is 0 Å². The monoisotopic (exact) mass is 290 g/mol. The molecule has 0 aliphatic carbocycles. The minimum atomic E-state index is -0.191. The van der Waals surface area contributed by atoms with Gasteiger partial charge in [-0.15, -0.1) is 0 Å². The van der Waals surface area contributed by atoms with Crippen molar-refractivity contribution in [2.45, 2.75) is 67.1 Å². The molecular weight excluding hydrogens is 260 g/mol. The number of hydrogen-bond acceptors (Lipinski definition) is 2. The van der Waals surface area contributed by atoms with Gasteiger partial charge in [-0.1, -0.05) is 63.9 Å². The molecule has 0 aliphatic heterocycles. The van der Waals surface area contributed by atoms with Crippen LogP contribution in [0.1, 0.15) is 51.3 Å². The standard InChI is InChI=1S/C18H30N2O/c1-12(2)20-16(18(5,6)7)17(21)19-11-15-9-13(3)8-14(4)10-15/h8-10,12,16,20H,11H2,1-7H3,(H,19,21). The summed E-state index contributed by atoms with van der Waals surface area (Å²) < 4.78 is 0. The highest BCUT2D eigenvalue weighted by Crippen LogP contribution is 2.20. The number of carbonyl (C=O) groups excluding carboxylic acids is 1. The molecule has 0 aromatic heterocycles. The molecular formula is C18H30N2O. The van der Waals surface area contributed by atoms with Crippen LogP contribution >= 0.6 is 0 Å². The van der Waals surface area contributed by atoms with E-state index in [0.29, 0.717) is 6.54 Å². The Morgan fingerprint density at radius 1 is 1.10 bits per heavy atom. The molecule has 3 nitrogen and oxygen atoms in total. The average Bonchev–Trinajstić information content (AvgIpc) is 2.30. The lowest BCUT2D eigenvalue weighted by Gasteiger charge is -2.32. The number of benzene rings is 1. The van der Waals surface area contributed by atoms with Gasteiger partial charge in [-0.2, -0.15) is 0 Å². The van der Waals surface area contributed by atoms with Gasteiger partial charge in [-0.05, 0) is 24.8 Å². The maximum atomic E-state index is 12.5. The average molecular weight is 290 g/mol. The highest BCUT2D eigenvalue weighted by molar-refractivity contribution is 5.82. The minimum absolute atomic E-state index is 0.0651. The van der Waals surface area contributed by atoms with Crippen molar-refractivity contribution in [2.24, 2.45) is 5.41 Å². The molecule has 21 heavy (non-hydrogen) atoms. The second-order valence-corrected chi connectivity index (χ2v) is 7.33. The molecule has 0 radical (unpaired) electrons. The molecule has 0 spiro atoms. The lowest BCUT2D eigenvalue weighted by Crippen LogP contribution is -2.53. The molecule has 0 saturated carbocycles. The Labute approximate surface area is 129 Å². The number of aryl methyl sites for hydroxylation is 2. The summed E-state index contributed by atoms with van der Waals surface area (Å²) in [5, 5.41) is 6.43. The molecule has 0 fully saturated rings. The second-order valence-electron chi connectivity index (χ2n) is 7.33. The van der Waals surface area contributed by atoms with Crippen LogP contribution in [0.5, 0.6) is 0 Å². The molecule has 1 rings (SSSR count). The van der Waals surface area contributed by atoms with Crippen LogP contribution in [0, 0.1) is 19.3 Å². The quantitative estimate of drug-likeness (QED) is 0.873. The molecule has 3 heteroatoms. The van der Waals surface area contributed by atoms with Gasteiger partial charge in [0, 0.05) is 12.6 Å². The largest absolute Gasteiger partial charge is 0.351 e. The van der Waals surface area contributed by atoms with E-state index in [1.54, 1.807) is 0 Å². The van der Waals surface area contributed by atoms with Gasteiger partial charge in [-0.25, -0.2) is 0 Å². The SMILES string of the molecule is Cc1cc(C)cc(CNC(=O)C(NC(C)C)C(C)(C)C)c1. The Hall–Kier alpha value is -1.35. The number of nitrogens with one attached hydrogen (secondary N) is 2. The number of hydrogen-bond donors (Lipinski definition) is 2. The van der Waals surface area contributed by atoms with Crippen molar-refractivity contribution in [2.75, 3.05) is 0 Å². The van der Waals surface area contributed by atoms with Crippen LogP contribution in [0.25, 0.3) is 0 Å². The van der Waals surface area contributed by atoms with E-state index in [0.717, 1.165) is 5.56 Å². The summed E-state index contributed by atoms with van der Waals surface area (Å²) in [6.45, 7) is 15.1. The van der Waals surface area contributed by atoms with Crippen LogP contribution in [-0.2, 0) is 11.3 Å². The van der Waals surface area contributed by atoms with Gasteiger partial charge in [0.15, 0.2) is 0 Å². The first kappa shape index (κ1) is 17.7. The molecule has 2 N–H and O–H groups in total. The van der Waals surface area contributed by atoms with Gasteiger partial charge in [0.25, 0.3) is 0 Å². The van der Waals surface area contributed by atoms with Crippen molar-refractivity contribution in [1.29, 1.82) is 0 Å². The summed E-state index contributed by atoms with van der Waals surface area (Å²) in [7, 11) is 0. The predicted molar refractivity (Wildman–Crippen MR) is 89.3 cm³/mol. The maximum Gasteiger partial charge on any atom is 0.237 e. The third-order valence-corrected chi connectivity index (χ3v) is 3.38. The molecule has 0 bridgehead atoms. The molecule has 118 valence electrons. The summed E-state index contributed by atoms with van der Waals surface area (Å²) in [6.07, 6.45) is 0. The zero-order valence-corrected chi connectivity index (χ0v) is 14.5. The van der Waals surface area contributed by atoms with Crippen molar-refractivity contribution in [3.8, 4) is 0 Å². The number of amides is 1. The summed E-state index contributed by atoms with van der Waals surface area (Å²) in [6, 6.07) is 6.47. The van der Waals surface area contributed by atoms with Crippen molar-refractivity contribution in [1.82, 2.24) is 10.6 Å². The summed E-state index contributed by atoms with van der Waals surface area (Å²) in [5.41, 5.74) is 3.49. The van der Waals surface area contributed by atoms with E-state index in [4.69, 9.17) is 0 Å². The van der Waals surface area contributed by atoms with Gasteiger partial charge in [0.1, 0.15) is 0 Å². The Balaban J connectivity index is 2.73. The lowest BCUT2D eigenvalue weighted by atomic mass is 9.85. The normalized spacial score (nSPS) is 13.3. The van der Waals surface area contributed by atoms with E-state index in [-0.39, 0.29) is 23.4 Å². The molecule has 1 amide bonds. The van der Waals surface area contributed by atoms with E-state index >= 15 is 0 Å². The fourth-order valence-electron chi connectivity index (χ4n) is 2.51. The lowest BCUT2D eigenvalue weighted by molar-refractivity contribution is -0.126. The molecule has 1 aromatic carbocycles. The van der Waals surface area contributed by atoms with Gasteiger partial charge in [-0.3, -0.25) is 4.79 Å². The first-order chi connectivity index (χ1) is 9.59. The van der Waals surface area contributed by atoms with Crippen LogP contribution in [0.3, 0.4) is 0 Å². The minimum Gasteiger partial charge on any atom is -0.351 e. The molecule has 0 heterocycles. The molecule has 1 unspecified atom stereocenters. The topological polar surface area (TPSA) is 41.1 Å². The van der Waals surface area contributed by atoms with Crippen molar-refractivity contribution in [3.05, 3.63) is 34.9 Å². The predicted octanol–water partition coefficient (Wildman–Crippen LogP) is 3.33. The second kappa shape index (κ2) is 7.08. The first-order valence-corrected chi connectivity index (χ1v) is 7.70. The van der Waals surface area contributed by atoms with Gasteiger partial charge >= 0.3 is 0 Å². The van der Waals surface area contributed by atoms with Crippen LogP contribution in [0.4, 0.5) is 0 Å². The number of rotatable bonds is 5. The van der Waals surface area contributed by atoms with Crippen molar-refractivity contribution in [3.63, 3.8) is 0 Å². The summed E-state index contributed by atoms with van der Waals surface area (Å²) in [5.74, 6) is 0.0651. The van der Waals surface area contributed by atoms with Crippen molar-refractivity contribution >= 4 is 5.91 Å². The zero-order valence-electron chi connectivity index (χ0n) is 14.5. The van der Waals surface area contributed by atoms with E-state index < -0.39 is 0 Å². The molecule has 1 aromatic rings. The Kier molecular flexibility index (Phi) is 5.97. The third kappa shape index (κ3) is 5.88. The number of carbonyl (C=O) groups is 1. The highest BCUT2D eigenvalue weighted by atomic mass is 16.2.